The number of thiophene rings is 1. The second-order valence-electron chi connectivity index (χ2n) is 5.09. The summed E-state index contributed by atoms with van der Waals surface area (Å²) in [6.07, 6.45) is 3.97. The maximum absolute atomic E-state index is 4.42. The van der Waals surface area contributed by atoms with Crippen molar-refractivity contribution in [1.82, 2.24) is 19.6 Å². The fourth-order valence-corrected chi connectivity index (χ4v) is 3.81. The normalized spacial score (nSPS) is 19.1. The van der Waals surface area contributed by atoms with E-state index in [4.69, 9.17) is 0 Å². The molecule has 102 valence electrons. The van der Waals surface area contributed by atoms with E-state index < -0.39 is 0 Å². The average Bonchev–Trinajstić information content (AvgIpc) is 3.17. The summed E-state index contributed by atoms with van der Waals surface area (Å²) in [4.78, 5) is 12.5. The monoisotopic (exact) mass is 285 g/mol. The van der Waals surface area contributed by atoms with Gasteiger partial charge in [0.2, 0.25) is 0 Å². The average molecular weight is 285 g/mol. The van der Waals surface area contributed by atoms with Gasteiger partial charge in [-0.1, -0.05) is 6.07 Å². The number of nitrogens with zero attached hydrogens (tertiary/aromatic N) is 5. The van der Waals surface area contributed by atoms with Gasteiger partial charge in [0.25, 0.3) is 5.78 Å². The first-order valence-electron chi connectivity index (χ1n) is 6.80. The summed E-state index contributed by atoms with van der Waals surface area (Å²) < 4.78 is 1.85. The largest absolute Gasteiger partial charge is 0.349 e. The highest BCUT2D eigenvalue weighted by atomic mass is 32.1. The summed E-state index contributed by atoms with van der Waals surface area (Å²) in [5.74, 6) is 1.78. The van der Waals surface area contributed by atoms with Gasteiger partial charge < -0.3 is 4.90 Å². The lowest BCUT2D eigenvalue weighted by atomic mass is 10.2. The molecule has 20 heavy (non-hydrogen) atoms. The molecule has 1 aliphatic heterocycles. The van der Waals surface area contributed by atoms with Crippen molar-refractivity contribution in [1.29, 1.82) is 0 Å². The summed E-state index contributed by atoms with van der Waals surface area (Å²) in [5.41, 5.74) is 0.984. The standard InChI is InChI=1S/C14H15N5S/c1-10-8-13(19-14(17-10)15-9-16-19)18-6-2-4-11(18)12-5-3-7-20-12/h3,5,7-9,11H,2,4,6H2,1H3/t11-/m0/s1. The number of aryl methyl sites for hydroxylation is 1. The fourth-order valence-electron chi connectivity index (χ4n) is 2.93. The Morgan fingerprint density at radius 1 is 1.40 bits per heavy atom. The molecule has 4 heterocycles. The van der Waals surface area contributed by atoms with Crippen molar-refractivity contribution < 1.29 is 0 Å². The van der Waals surface area contributed by atoms with Gasteiger partial charge in [0.1, 0.15) is 12.1 Å². The molecular weight excluding hydrogens is 270 g/mol. The lowest BCUT2D eigenvalue weighted by Crippen LogP contribution is -2.24. The Morgan fingerprint density at radius 2 is 2.35 bits per heavy atom. The molecule has 0 aliphatic carbocycles. The van der Waals surface area contributed by atoms with Crippen LogP contribution in [0.1, 0.15) is 29.5 Å². The van der Waals surface area contributed by atoms with Gasteiger partial charge in [0.05, 0.1) is 6.04 Å². The Morgan fingerprint density at radius 3 is 3.20 bits per heavy atom. The van der Waals surface area contributed by atoms with Crippen LogP contribution in [0.3, 0.4) is 0 Å². The van der Waals surface area contributed by atoms with Gasteiger partial charge in [0, 0.05) is 23.2 Å². The second-order valence-corrected chi connectivity index (χ2v) is 6.07. The summed E-state index contributed by atoms with van der Waals surface area (Å²) >= 11 is 1.83. The van der Waals surface area contributed by atoms with Gasteiger partial charge in [0.15, 0.2) is 0 Å². The highest BCUT2D eigenvalue weighted by molar-refractivity contribution is 7.10. The molecule has 1 aliphatic rings. The van der Waals surface area contributed by atoms with E-state index in [1.54, 1.807) is 6.33 Å². The number of fused-ring (bicyclic) bond motifs is 1. The van der Waals surface area contributed by atoms with Crippen molar-refractivity contribution in [2.24, 2.45) is 0 Å². The van der Waals surface area contributed by atoms with Crippen molar-refractivity contribution in [2.45, 2.75) is 25.8 Å². The Bertz CT molecular complexity index is 733. The molecule has 0 spiro atoms. The minimum absolute atomic E-state index is 0.448. The molecule has 4 rings (SSSR count). The van der Waals surface area contributed by atoms with E-state index in [1.807, 2.05) is 22.8 Å². The number of aromatic nitrogens is 4. The first-order valence-corrected chi connectivity index (χ1v) is 7.68. The third-order valence-corrected chi connectivity index (χ3v) is 4.75. The van der Waals surface area contributed by atoms with Crippen molar-refractivity contribution in [3.05, 3.63) is 40.5 Å². The molecule has 1 saturated heterocycles. The zero-order valence-corrected chi connectivity index (χ0v) is 12.0. The SMILES string of the molecule is Cc1cc(N2CCC[C@H]2c2cccs2)n2ncnc2n1. The van der Waals surface area contributed by atoms with Gasteiger partial charge in [-0.3, -0.25) is 0 Å². The molecule has 0 saturated carbocycles. The zero-order chi connectivity index (χ0) is 13.5. The molecule has 0 amide bonds. The molecule has 0 unspecified atom stereocenters. The Balaban J connectivity index is 1.83. The number of anilines is 1. The van der Waals surface area contributed by atoms with Crippen LogP contribution >= 0.6 is 11.3 Å². The lowest BCUT2D eigenvalue weighted by molar-refractivity contribution is 0.709. The summed E-state index contributed by atoms with van der Waals surface area (Å²) in [6.45, 7) is 3.06. The van der Waals surface area contributed by atoms with E-state index in [9.17, 15) is 0 Å². The minimum Gasteiger partial charge on any atom is -0.349 e. The van der Waals surface area contributed by atoms with Crippen molar-refractivity contribution >= 4 is 22.9 Å². The van der Waals surface area contributed by atoms with Gasteiger partial charge in [-0.05, 0) is 31.2 Å². The molecule has 6 heteroatoms. The molecule has 5 nitrogen and oxygen atoms in total. The van der Waals surface area contributed by atoms with E-state index in [-0.39, 0.29) is 0 Å². The molecule has 0 aromatic carbocycles. The van der Waals surface area contributed by atoms with Crippen LogP contribution < -0.4 is 4.90 Å². The smallest absolute Gasteiger partial charge is 0.254 e. The van der Waals surface area contributed by atoms with Gasteiger partial charge in [-0.15, -0.1) is 11.3 Å². The third kappa shape index (κ3) is 1.79. The first-order chi connectivity index (χ1) is 9.83. The van der Waals surface area contributed by atoms with Crippen LogP contribution in [0.2, 0.25) is 0 Å². The van der Waals surface area contributed by atoms with E-state index in [0.29, 0.717) is 11.8 Å². The molecule has 0 bridgehead atoms. The third-order valence-electron chi connectivity index (χ3n) is 3.78. The first kappa shape index (κ1) is 11.8. The van der Waals surface area contributed by atoms with Crippen LogP contribution in [0.4, 0.5) is 5.82 Å². The predicted octanol–water partition coefficient (Wildman–Crippen LogP) is 2.84. The van der Waals surface area contributed by atoms with Crippen LogP contribution in [0.5, 0.6) is 0 Å². The van der Waals surface area contributed by atoms with E-state index in [2.05, 4.69) is 43.5 Å². The molecule has 0 N–H and O–H groups in total. The molecule has 1 fully saturated rings. The fraction of sp³-hybridized carbons (Fsp3) is 0.357. The van der Waals surface area contributed by atoms with Gasteiger partial charge in [-0.25, -0.2) is 4.98 Å². The van der Waals surface area contributed by atoms with Gasteiger partial charge >= 0.3 is 0 Å². The lowest BCUT2D eigenvalue weighted by Gasteiger charge is -2.26. The number of hydrogen-bond donors (Lipinski definition) is 0. The molecular formula is C14H15N5S. The molecule has 3 aromatic rings. The summed E-state index contributed by atoms with van der Waals surface area (Å²) in [6, 6.07) is 6.90. The van der Waals surface area contributed by atoms with Crippen LogP contribution in [-0.2, 0) is 0 Å². The van der Waals surface area contributed by atoms with Crippen LogP contribution in [-0.4, -0.2) is 26.1 Å². The van der Waals surface area contributed by atoms with E-state index >= 15 is 0 Å². The highest BCUT2D eigenvalue weighted by Crippen LogP contribution is 2.37. The highest BCUT2D eigenvalue weighted by Gasteiger charge is 2.29. The molecule has 0 radical (unpaired) electrons. The topological polar surface area (TPSA) is 46.3 Å². The number of rotatable bonds is 2. The Hall–Kier alpha value is -1.95. The van der Waals surface area contributed by atoms with Crippen molar-refractivity contribution in [2.75, 3.05) is 11.4 Å². The number of hydrogen-bond acceptors (Lipinski definition) is 5. The second kappa shape index (κ2) is 4.56. The molecule has 1 atom stereocenters. The van der Waals surface area contributed by atoms with Crippen LogP contribution in [0, 0.1) is 6.92 Å². The van der Waals surface area contributed by atoms with E-state index in [1.165, 1.54) is 17.7 Å². The van der Waals surface area contributed by atoms with E-state index in [0.717, 1.165) is 18.1 Å². The predicted molar refractivity (Wildman–Crippen MR) is 79.2 cm³/mol. The quantitative estimate of drug-likeness (QED) is 0.726. The Labute approximate surface area is 120 Å². The Kier molecular flexibility index (Phi) is 2.70. The van der Waals surface area contributed by atoms with Crippen molar-refractivity contribution in [3.8, 4) is 0 Å². The zero-order valence-electron chi connectivity index (χ0n) is 11.2. The maximum atomic E-state index is 4.42. The maximum Gasteiger partial charge on any atom is 0.254 e. The van der Waals surface area contributed by atoms with Crippen molar-refractivity contribution in [3.63, 3.8) is 0 Å². The van der Waals surface area contributed by atoms with Gasteiger partial charge in [-0.2, -0.15) is 14.6 Å². The van der Waals surface area contributed by atoms with Crippen LogP contribution in [0.15, 0.2) is 29.9 Å². The molecule has 3 aromatic heterocycles. The summed E-state index contributed by atoms with van der Waals surface area (Å²) in [5, 5.41) is 6.47. The minimum atomic E-state index is 0.448. The van der Waals surface area contributed by atoms with Crippen LogP contribution in [0.25, 0.3) is 5.78 Å². The summed E-state index contributed by atoms with van der Waals surface area (Å²) in [7, 11) is 0.